The van der Waals surface area contributed by atoms with E-state index in [0.29, 0.717) is 5.92 Å². The first-order valence-corrected chi connectivity index (χ1v) is 9.31. The van der Waals surface area contributed by atoms with Gasteiger partial charge in [0, 0.05) is 36.9 Å². The summed E-state index contributed by atoms with van der Waals surface area (Å²) >= 11 is 0. The second-order valence-electron chi connectivity index (χ2n) is 7.06. The van der Waals surface area contributed by atoms with Crippen molar-refractivity contribution in [1.82, 2.24) is 24.1 Å². The maximum Gasteiger partial charge on any atom is 0.180 e. The van der Waals surface area contributed by atoms with E-state index in [1.54, 1.807) is 10.9 Å². The summed E-state index contributed by atoms with van der Waals surface area (Å²) in [6.45, 7) is 4.52. The molecule has 4 aromatic rings. The third kappa shape index (κ3) is 3.56. The van der Waals surface area contributed by atoms with E-state index in [2.05, 4.69) is 58.5 Å². The zero-order valence-corrected chi connectivity index (χ0v) is 15.9. The zero-order valence-electron chi connectivity index (χ0n) is 15.9. The fraction of sp³-hybridized carbons (Fsp3) is 0.286. The van der Waals surface area contributed by atoms with E-state index in [1.807, 2.05) is 36.2 Å². The average molecular weight is 360 g/mol. The molecule has 1 atom stereocenters. The Labute approximate surface area is 158 Å². The van der Waals surface area contributed by atoms with Gasteiger partial charge in [-0.2, -0.15) is 5.10 Å². The van der Waals surface area contributed by atoms with E-state index in [1.165, 1.54) is 12.0 Å². The molecular formula is C21H24N6. The molecule has 1 N–H and O–H groups in total. The summed E-state index contributed by atoms with van der Waals surface area (Å²) in [6, 6.07) is 8.53. The minimum absolute atomic E-state index is 0.677. The summed E-state index contributed by atoms with van der Waals surface area (Å²) in [4.78, 5) is 9.09. The summed E-state index contributed by atoms with van der Waals surface area (Å²) < 4.78 is 3.83. The summed E-state index contributed by atoms with van der Waals surface area (Å²) in [5.74, 6) is 1.42. The molecule has 0 saturated heterocycles. The Morgan fingerprint density at radius 2 is 2.07 bits per heavy atom. The lowest BCUT2D eigenvalue weighted by molar-refractivity contribution is 0.560. The Morgan fingerprint density at radius 1 is 1.19 bits per heavy atom. The number of nitrogens with zero attached hydrogens (tertiary/aromatic N) is 5. The van der Waals surface area contributed by atoms with Gasteiger partial charge in [-0.1, -0.05) is 32.4 Å². The van der Waals surface area contributed by atoms with E-state index in [-0.39, 0.29) is 0 Å². The maximum absolute atomic E-state index is 4.59. The van der Waals surface area contributed by atoms with Crippen LogP contribution in [0.25, 0.3) is 16.9 Å². The van der Waals surface area contributed by atoms with Crippen LogP contribution < -0.4 is 5.32 Å². The molecule has 0 radical (unpaired) electrons. The van der Waals surface area contributed by atoms with Crippen molar-refractivity contribution < 1.29 is 0 Å². The quantitative estimate of drug-likeness (QED) is 0.551. The number of hydrogen-bond acceptors (Lipinski definition) is 4. The van der Waals surface area contributed by atoms with Crippen molar-refractivity contribution in [3.63, 3.8) is 0 Å². The van der Waals surface area contributed by atoms with Crippen molar-refractivity contribution in [2.75, 3.05) is 5.32 Å². The number of hydrogen-bond donors (Lipinski definition) is 1. The lowest BCUT2D eigenvalue weighted by Gasteiger charge is -2.11. The highest BCUT2D eigenvalue weighted by atomic mass is 15.2. The smallest absolute Gasteiger partial charge is 0.180 e. The minimum Gasteiger partial charge on any atom is -0.337 e. The topological polar surface area (TPSA) is 60.0 Å². The number of nitrogens with one attached hydrogen (secondary N) is 1. The summed E-state index contributed by atoms with van der Waals surface area (Å²) in [5.41, 5.74) is 5.18. The molecule has 6 heteroatoms. The third-order valence-electron chi connectivity index (χ3n) is 4.90. The van der Waals surface area contributed by atoms with Gasteiger partial charge >= 0.3 is 0 Å². The Balaban J connectivity index is 1.65. The molecule has 0 aliphatic heterocycles. The standard InChI is InChI=1S/C21H24N6/c1-4-15(2)10-16-6-5-7-18(11-16)25-20-21-23-13-19(27(21)9-8-22-20)17-12-24-26(3)14-17/h5-9,11-15H,4,10H2,1-3H3,(H,22,25). The van der Waals surface area contributed by atoms with Gasteiger partial charge in [0.05, 0.1) is 18.1 Å². The zero-order chi connectivity index (χ0) is 18.8. The third-order valence-corrected chi connectivity index (χ3v) is 4.90. The largest absolute Gasteiger partial charge is 0.337 e. The van der Waals surface area contributed by atoms with Crippen LogP contribution in [0.1, 0.15) is 25.8 Å². The second-order valence-corrected chi connectivity index (χ2v) is 7.06. The number of anilines is 2. The first kappa shape index (κ1) is 17.3. The highest BCUT2D eigenvalue weighted by Gasteiger charge is 2.12. The molecule has 0 aliphatic rings. The molecule has 1 unspecified atom stereocenters. The van der Waals surface area contributed by atoms with Gasteiger partial charge in [-0.25, -0.2) is 9.97 Å². The molecule has 0 bridgehead atoms. The van der Waals surface area contributed by atoms with Crippen LogP contribution in [0.5, 0.6) is 0 Å². The molecule has 0 spiro atoms. The van der Waals surface area contributed by atoms with Crippen molar-refractivity contribution in [1.29, 1.82) is 0 Å². The molecule has 4 rings (SSSR count). The predicted molar refractivity (Wildman–Crippen MR) is 108 cm³/mol. The number of imidazole rings is 1. The molecular weight excluding hydrogens is 336 g/mol. The van der Waals surface area contributed by atoms with Crippen LogP contribution >= 0.6 is 0 Å². The van der Waals surface area contributed by atoms with Gasteiger partial charge in [0.1, 0.15) is 0 Å². The number of benzene rings is 1. The Kier molecular flexibility index (Phi) is 4.62. The molecule has 0 amide bonds. The summed E-state index contributed by atoms with van der Waals surface area (Å²) in [5, 5.41) is 7.69. The minimum atomic E-state index is 0.677. The van der Waals surface area contributed by atoms with Gasteiger partial charge in [0.15, 0.2) is 11.5 Å². The van der Waals surface area contributed by atoms with E-state index >= 15 is 0 Å². The molecule has 0 fully saturated rings. The van der Waals surface area contributed by atoms with Gasteiger partial charge < -0.3 is 5.32 Å². The van der Waals surface area contributed by atoms with Gasteiger partial charge in [-0.3, -0.25) is 9.08 Å². The van der Waals surface area contributed by atoms with Crippen LogP contribution in [-0.4, -0.2) is 24.1 Å². The molecule has 0 aliphatic carbocycles. The normalized spacial score (nSPS) is 12.4. The van der Waals surface area contributed by atoms with Crippen molar-refractivity contribution in [2.45, 2.75) is 26.7 Å². The lowest BCUT2D eigenvalue weighted by atomic mass is 9.99. The number of aromatic nitrogens is 5. The van der Waals surface area contributed by atoms with Crippen molar-refractivity contribution in [2.24, 2.45) is 13.0 Å². The highest BCUT2D eigenvalue weighted by Crippen LogP contribution is 2.25. The number of rotatable bonds is 6. The Bertz CT molecular complexity index is 1060. The summed E-state index contributed by atoms with van der Waals surface area (Å²) in [7, 11) is 1.91. The number of fused-ring (bicyclic) bond motifs is 1. The SMILES string of the molecule is CCC(C)Cc1cccc(Nc2nccn3c(-c4cnn(C)c4)cnc23)c1. The van der Waals surface area contributed by atoms with E-state index < -0.39 is 0 Å². The Hall–Kier alpha value is -3.15. The van der Waals surface area contributed by atoms with Crippen LogP contribution in [0.15, 0.2) is 55.2 Å². The average Bonchev–Trinajstić information content (AvgIpc) is 3.28. The number of aryl methyl sites for hydroxylation is 1. The van der Waals surface area contributed by atoms with Crippen LogP contribution in [-0.2, 0) is 13.5 Å². The van der Waals surface area contributed by atoms with Crippen LogP contribution in [0.2, 0.25) is 0 Å². The lowest BCUT2D eigenvalue weighted by Crippen LogP contribution is -2.01. The fourth-order valence-corrected chi connectivity index (χ4v) is 3.23. The van der Waals surface area contributed by atoms with Crippen LogP contribution in [0.4, 0.5) is 11.5 Å². The van der Waals surface area contributed by atoms with Gasteiger partial charge in [0.2, 0.25) is 0 Å². The fourth-order valence-electron chi connectivity index (χ4n) is 3.23. The first-order chi connectivity index (χ1) is 13.1. The van der Waals surface area contributed by atoms with E-state index in [0.717, 1.165) is 34.8 Å². The molecule has 0 saturated carbocycles. The maximum atomic E-state index is 4.59. The van der Waals surface area contributed by atoms with Gasteiger partial charge in [0.25, 0.3) is 0 Å². The molecule has 138 valence electrons. The first-order valence-electron chi connectivity index (χ1n) is 9.31. The highest BCUT2D eigenvalue weighted by molar-refractivity contribution is 5.74. The summed E-state index contributed by atoms with van der Waals surface area (Å²) in [6.07, 6.45) is 11.7. The van der Waals surface area contributed by atoms with Crippen molar-refractivity contribution >= 4 is 17.2 Å². The molecule has 3 heterocycles. The second kappa shape index (κ2) is 7.23. The van der Waals surface area contributed by atoms with Crippen LogP contribution in [0, 0.1) is 5.92 Å². The molecule has 27 heavy (non-hydrogen) atoms. The molecule has 3 aromatic heterocycles. The van der Waals surface area contributed by atoms with Crippen molar-refractivity contribution in [3.8, 4) is 11.3 Å². The van der Waals surface area contributed by atoms with Gasteiger partial charge in [-0.05, 0) is 30.0 Å². The van der Waals surface area contributed by atoms with E-state index in [4.69, 9.17) is 0 Å². The molecule has 1 aromatic carbocycles. The predicted octanol–water partition coefficient (Wildman–Crippen LogP) is 4.46. The monoisotopic (exact) mass is 360 g/mol. The Morgan fingerprint density at radius 3 is 2.85 bits per heavy atom. The van der Waals surface area contributed by atoms with Gasteiger partial charge in [-0.15, -0.1) is 0 Å². The molecule has 6 nitrogen and oxygen atoms in total. The van der Waals surface area contributed by atoms with Crippen LogP contribution in [0.3, 0.4) is 0 Å². The van der Waals surface area contributed by atoms with E-state index in [9.17, 15) is 0 Å². The van der Waals surface area contributed by atoms with Crippen molar-refractivity contribution in [3.05, 3.63) is 60.8 Å².